The highest BCUT2D eigenvalue weighted by molar-refractivity contribution is 5.91. The van der Waals surface area contributed by atoms with E-state index in [0.29, 0.717) is 30.0 Å². The molecule has 0 aromatic rings. The summed E-state index contributed by atoms with van der Waals surface area (Å²) in [6.07, 6.45) is 9.07. The van der Waals surface area contributed by atoms with Crippen LogP contribution in [0.4, 0.5) is 0 Å². The van der Waals surface area contributed by atoms with Crippen LogP contribution in [0.15, 0.2) is 11.6 Å². The van der Waals surface area contributed by atoms with Gasteiger partial charge in [-0.25, -0.2) is 0 Å². The molecule has 4 nitrogen and oxygen atoms in total. The molecule has 5 rings (SSSR count). The Bertz CT molecular complexity index is 785. The van der Waals surface area contributed by atoms with Crippen LogP contribution in [-0.4, -0.2) is 28.9 Å². The first-order valence-electron chi connectivity index (χ1n) is 11.3. The Kier molecular flexibility index (Phi) is 3.78. The third-order valence-corrected chi connectivity index (χ3v) is 9.69. The number of allylic oxidation sites excluding steroid dienone is 1. The molecule has 154 valence electrons. The first kappa shape index (κ1) is 19.0. The molecule has 4 aliphatic carbocycles. The maximum atomic E-state index is 13.1. The topological polar surface area (TPSA) is 55.4 Å². The molecule has 0 amide bonds. The molecule has 4 heteroatoms. The van der Waals surface area contributed by atoms with Crippen LogP contribution in [0, 0.1) is 28.6 Å². The Morgan fingerprint density at radius 2 is 1.86 bits per heavy atom. The first-order valence-corrected chi connectivity index (χ1v) is 11.3. The predicted molar refractivity (Wildman–Crippen MR) is 108 cm³/mol. The zero-order valence-electron chi connectivity index (χ0n) is 18.1. The summed E-state index contributed by atoms with van der Waals surface area (Å²) in [5.74, 6) is 2.34. The van der Waals surface area contributed by atoms with Crippen molar-refractivity contribution >= 4 is 11.6 Å². The van der Waals surface area contributed by atoms with Gasteiger partial charge in [0, 0.05) is 6.42 Å². The van der Waals surface area contributed by atoms with Gasteiger partial charge in [-0.3, -0.25) is 14.9 Å². The minimum atomic E-state index is -0.550. The second kappa shape index (κ2) is 5.57. The Morgan fingerprint density at radius 1 is 1.11 bits per heavy atom. The largest absolute Gasteiger partial charge is 0.356 e. The molecule has 7 atom stereocenters. The smallest absolute Gasteiger partial charge is 0.155 e. The van der Waals surface area contributed by atoms with Crippen LogP contribution in [-0.2, 0) is 14.3 Å². The molecule has 3 saturated carbocycles. The van der Waals surface area contributed by atoms with E-state index >= 15 is 0 Å². The number of carbonyl (C=O) groups is 2. The molecule has 28 heavy (non-hydrogen) atoms. The molecular weight excluding hydrogens is 350 g/mol. The highest BCUT2D eigenvalue weighted by atomic mass is 16.5. The number of hydrogen-bond acceptors (Lipinski definition) is 4. The molecule has 0 aromatic carbocycles. The highest BCUT2D eigenvalue weighted by Crippen LogP contribution is 2.69. The molecule has 0 spiro atoms. The first-order chi connectivity index (χ1) is 13.0. The van der Waals surface area contributed by atoms with Gasteiger partial charge in [0.2, 0.25) is 0 Å². The Balaban J connectivity index is 1.54. The number of carbonyl (C=O) groups excluding carboxylic acids is 2. The molecule has 1 aliphatic heterocycles. The molecule has 1 N–H and O–H groups in total. The summed E-state index contributed by atoms with van der Waals surface area (Å²) in [4.78, 5) is 25.1. The Labute approximate surface area is 168 Å². The number of rotatable bonds is 1. The van der Waals surface area contributed by atoms with E-state index < -0.39 is 11.3 Å². The van der Waals surface area contributed by atoms with Gasteiger partial charge in [0.05, 0.1) is 6.10 Å². The summed E-state index contributed by atoms with van der Waals surface area (Å²) >= 11 is 0. The van der Waals surface area contributed by atoms with Gasteiger partial charge in [0.15, 0.2) is 11.6 Å². The summed E-state index contributed by atoms with van der Waals surface area (Å²) in [5.41, 5.74) is 0.529. The summed E-state index contributed by atoms with van der Waals surface area (Å²) in [7, 11) is 0. The zero-order valence-corrected chi connectivity index (χ0v) is 18.1. The van der Waals surface area contributed by atoms with Gasteiger partial charge in [-0.15, -0.1) is 0 Å². The molecular formula is C24H35NO3. The normalized spacial score (nSPS) is 51.6. The van der Waals surface area contributed by atoms with Crippen molar-refractivity contribution in [3.05, 3.63) is 11.6 Å². The van der Waals surface area contributed by atoms with Crippen molar-refractivity contribution in [2.75, 3.05) is 0 Å². The second-order valence-corrected chi connectivity index (χ2v) is 11.3. The molecule has 0 radical (unpaired) electrons. The van der Waals surface area contributed by atoms with Crippen LogP contribution in [0.25, 0.3) is 0 Å². The number of hydrogen-bond donors (Lipinski definition) is 1. The van der Waals surface area contributed by atoms with Crippen molar-refractivity contribution in [3.63, 3.8) is 0 Å². The third-order valence-electron chi connectivity index (χ3n) is 9.69. The van der Waals surface area contributed by atoms with Crippen molar-refractivity contribution in [2.24, 2.45) is 28.6 Å². The van der Waals surface area contributed by atoms with Crippen molar-refractivity contribution in [3.8, 4) is 0 Å². The quantitative estimate of drug-likeness (QED) is 0.736. The van der Waals surface area contributed by atoms with E-state index in [1.54, 1.807) is 6.92 Å². The fourth-order valence-electron chi connectivity index (χ4n) is 8.52. The van der Waals surface area contributed by atoms with E-state index in [9.17, 15) is 9.59 Å². The highest BCUT2D eigenvalue weighted by Gasteiger charge is 2.73. The molecule has 4 fully saturated rings. The standard InChI is InChI=1S/C24H35NO3/c1-14(26)24-20(28-21(2,3)25-24)13-19-17-7-6-15-12-16(27)8-10-22(15,4)18(17)9-11-23(19,24)5/h12,17-20,25H,6-11,13H2,1-5H3. The summed E-state index contributed by atoms with van der Waals surface area (Å²) in [6.45, 7) is 10.7. The lowest BCUT2D eigenvalue weighted by Gasteiger charge is -2.59. The van der Waals surface area contributed by atoms with Gasteiger partial charge in [0.1, 0.15) is 11.3 Å². The fraction of sp³-hybridized carbons (Fsp3) is 0.833. The van der Waals surface area contributed by atoms with Crippen molar-refractivity contribution < 1.29 is 14.3 Å². The van der Waals surface area contributed by atoms with Crippen LogP contribution >= 0.6 is 0 Å². The van der Waals surface area contributed by atoms with Crippen molar-refractivity contribution in [1.82, 2.24) is 5.32 Å². The maximum Gasteiger partial charge on any atom is 0.155 e. The predicted octanol–water partition coefficient (Wildman–Crippen LogP) is 4.18. The van der Waals surface area contributed by atoms with Gasteiger partial charge in [-0.1, -0.05) is 19.4 Å². The summed E-state index contributed by atoms with van der Waals surface area (Å²) in [5, 5.41) is 3.68. The fourth-order valence-corrected chi connectivity index (χ4v) is 8.52. The second-order valence-electron chi connectivity index (χ2n) is 11.3. The minimum absolute atomic E-state index is 0.0218. The van der Waals surface area contributed by atoms with Gasteiger partial charge < -0.3 is 4.74 Å². The maximum absolute atomic E-state index is 13.1. The molecule has 1 saturated heterocycles. The van der Waals surface area contributed by atoms with Gasteiger partial charge in [-0.2, -0.15) is 0 Å². The van der Waals surface area contributed by atoms with Crippen molar-refractivity contribution in [1.29, 1.82) is 0 Å². The number of ketones is 2. The minimum Gasteiger partial charge on any atom is -0.356 e. The van der Waals surface area contributed by atoms with Crippen molar-refractivity contribution in [2.45, 2.75) is 96.9 Å². The van der Waals surface area contributed by atoms with E-state index in [0.717, 1.165) is 38.5 Å². The molecule has 0 bridgehead atoms. The summed E-state index contributed by atoms with van der Waals surface area (Å²) < 4.78 is 6.43. The van der Waals surface area contributed by atoms with Gasteiger partial charge in [-0.05, 0) is 94.0 Å². The lowest BCUT2D eigenvalue weighted by atomic mass is 9.46. The summed E-state index contributed by atoms with van der Waals surface area (Å²) in [6, 6.07) is 0. The van der Waals surface area contributed by atoms with Gasteiger partial charge in [0.25, 0.3) is 0 Å². The van der Waals surface area contributed by atoms with Crippen LogP contribution in [0.1, 0.15) is 79.6 Å². The third kappa shape index (κ3) is 2.14. The van der Waals surface area contributed by atoms with Crippen LogP contribution < -0.4 is 5.32 Å². The number of Topliss-reactive ketones (excluding diaryl/α,β-unsaturated/α-hetero) is 1. The molecule has 0 aromatic heterocycles. The van der Waals surface area contributed by atoms with Crippen LogP contribution in [0.3, 0.4) is 0 Å². The monoisotopic (exact) mass is 385 g/mol. The molecule has 7 unspecified atom stereocenters. The van der Waals surface area contributed by atoms with E-state index in [4.69, 9.17) is 4.74 Å². The van der Waals surface area contributed by atoms with E-state index in [-0.39, 0.29) is 22.7 Å². The Hall–Kier alpha value is -1.00. The van der Waals surface area contributed by atoms with E-state index in [2.05, 4.69) is 33.0 Å². The molecule has 1 heterocycles. The SMILES string of the molecule is CC(=O)C12NC(C)(C)OC1CC1C3CCC4=CC(=O)CCC4(C)C3CCC12C. The lowest BCUT2D eigenvalue weighted by Crippen LogP contribution is -2.66. The van der Waals surface area contributed by atoms with Crippen LogP contribution in [0.2, 0.25) is 0 Å². The number of nitrogens with one attached hydrogen (secondary N) is 1. The average molecular weight is 386 g/mol. The number of fused-ring (bicyclic) bond motifs is 7. The Morgan fingerprint density at radius 3 is 2.57 bits per heavy atom. The average Bonchev–Trinajstić information content (AvgIpc) is 3.02. The molecule has 5 aliphatic rings. The zero-order chi connectivity index (χ0) is 20.1. The van der Waals surface area contributed by atoms with Gasteiger partial charge >= 0.3 is 0 Å². The lowest BCUT2D eigenvalue weighted by molar-refractivity contribution is -0.134. The number of ether oxygens (including phenoxy) is 1. The van der Waals surface area contributed by atoms with E-state index in [1.165, 1.54) is 5.57 Å². The van der Waals surface area contributed by atoms with Crippen LogP contribution in [0.5, 0.6) is 0 Å². The van der Waals surface area contributed by atoms with E-state index in [1.807, 2.05) is 6.08 Å².